The number of hydrogen-bond donors (Lipinski definition) is 1. The highest BCUT2D eigenvalue weighted by Gasteiger charge is 2.26. The molecule has 1 saturated carbocycles. The molecule has 6 nitrogen and oxygen atoms in total. The van der Waals surface area contributed by atoms with Crippen molar-refractivity contribution in [2.75, 3.05) is 0 Å². The van der Waals surface area contributed by atoms with E-state index in [-0.39, 0.29) is 11.6 Å². The highest BCUT2D eigenvalue weighted by atomic mass is 16.3. The zero-order valence-electron chi connectivity index (χ0n) is 20.3. The van der Waals surface area contributed by atoms with E-state index in [0.717, 1.165) is 58.0 Å². The lowest BCUT2D eigenvalue weighted by molar-refractivity contribution is 0.0735. The number of fused-ring (bicyclic) bond motifs is 3. The molecule has 36 heavy (non-hydrogen) atoms. The van der Waals surface area contributed by atoms with Crippen molar-refractivity contribution in [3.8, 4) is 11.1 Å². The fourth-order valence-electron chi connectivity index (χ4n) is 5.45. The Kier molecular flexibility index (Phi) is 5.82. The minimum atomic E-state index is -0.518. The van der Waals surface area contributed by atoms with Crippen LogP contribution in [0.1, 0.15) is 48.4 Å². The van der Waals surface area contributed by atoms with E-state index in [2.05, 4.69) is 45.3 Å². The van der Waals surface area contributed by atoms with Gasteiger partial charge in [0.15, 0.2) is 0 Å². The van der Waals surface area contributed by atoms with Gasteiger partial charge in [-0.3, -0.25) is 19.3 Å². The Balaban J connectivity index is 1.42. The molecule has 0 amide bonds. The van der Waals surface area contributed by atoms with E-state index in [0.29, 0.717) is 23.7 Å². The molecule has 1 N–H and O–H groups in total. The van der Waals surface area contributed by atoms with Gasteiger partial charge < -0.3 is 5.11 Å². The predicted molar refractivity (Wildman–Crippen MR) is 142 cm³/mol. The zero-order chi connectivity index (χ0) is 24.6. The quantitative estimate of drug-likeness (QED) is 0.352. The van der Waals surface area contributed by atoms with E-state index in [9.17, 15) is 9.90 Å². The van der Waals surface area contributed by atoms with Crippen LogP contribution in [0.25, 0.3) is 32.9 Å². The van der Waals surface area contributed by atoms with Crippen molar-refractivity contribution in [3.05, 3.63) is 100 Å². The molecule has 1 fully saturated rings. The van der Waals surface area contributed by atoms with Crippen LogP contribution in [0.4, 0.5) is 0 Å². The van der Waals surface area contributed by atoms with Crippen LogP contribution in [-0.4, -0.2) is 30.7 Å². The van der Waals surface area contributed by atoms with Gasteiger partial charge in [0.05, 0.1) is 29.4 Å². The predicted octanol–water partition coefficient (Wildman–Crippen LogP) is 5.38. The third-order valence-electron chi connectivity index (χ3n) is 7.34. The summed E-state index contributed by atoms with van der Waals surface area (Å²) >= 11 is 0. The molecule has 3 heterocycles. The molecule has 0 unspecified atom stereocenters. The van der Waals surface area contributed by atoms with Crippen LogP contribution in [0.5, 0.6) is 0 Å². The minimum Gasteiger partial charge on any atom is -0.391 e. The van der Waals surface area contributed by atoms with Crippen molar-refractivity contribution in [3.63, 3.8) is 0 Å². The van der Waals surface area contributed by atoms with Crippen LogP contribution in [0, 0.1) is 6.92 Å². The van der Waals surface area contributed by atoms with Crippen molar-refractivity contribution >= 4 is 21.8 Å². The standard InChI is InChI=1S/C30H28N4O2/c1-19-13-23(17-31-16-19)21-10-8-20(9-11-21)14-22-15-25-29(28-24(22)5-4-12-32-28)33-18-34(30(25)36)26-6-2-3-7-27(26)35/h4-5,8-13,15-18,26-27,35H,2-3,6-7,14H2,1H3/t26-,27-/m0/s1. The molecule has 0 bridgehead atoms. The van der Waals surface area contributed by atoms with E-state index in [4.69, 9.17) is 0 Å². The second-order valence-corrected chi connectivity index (χ2v) is 9.83. The van der Waals surface area contributed by atoms with Crippen molar-refractivity contribution in [2.24, 2.45) is 0 Å². The van der Waals surface area contributed by atoms with Gasteiger partial charge in [-0.15, -0.1) is 0 Å². The summed E-state index contributed by atoms with van der Waals surface area (Å²) in [7, 11) is 0. The van der Waals surface area contributed by atoms with E-state index >= 15 is 0 Å². The number of aliphatic hydroxyl groups excluding tert-OH is 1. The van der Waals surface area contributed by atoms with Gasteiger partial charge in [0.2, 0.25) is 0 Å². The molecular weight excluding hydrogens is 448 g/mol. The molecule has 1 aliphatic rings. The van der Waals surface area contributed by atoms with E-state index in [1.165, 1.54) is 0 Å². The lowest BCUT2D eigenvalue weighted by Gasteiger charge is -2.29. The molecule has 3 aromatic heterocycles. The second kappa shape index (κ2) is 9.28. The fourth-order valence-corrected chi connectivity index (χ4v) is 5.45. The number of rotatable bonds is 4. The Morgan fingerprint density at radius 2 is 1.75 bits per heavy atom. The number of pyridine rings is 2. The monoisotopic (exact) mass is 476 g/mol. The Morgan fingerprint density at radius 1 is 0.944 bits per heavy atom. The molecule has 0 saturated heterocycles. The highest BCUT2D eigenvalue weighted by molar-refractivity contribution is 6.04. The summed E-state index contributed by atoms with van der Waals surface area (Å²) in [4.78, 5) is 27.2. The van der Waals surface area contributed by atoms with Crippen LogP contribution in [0.3, 0.4) is 0 Å². The van der Waals surface area contributed by atoms with Gasteiger partial charge in [-0.2, -0.15) is 0 Å². The first-order valence-electron chi connectivity index (χ1n) is 12.5. The Labute approximate surface area is 209 Å². The van der Waals surface area contributed by atoms with Gasteiger partial charge in [0.1, 0.15) is 5.52 Å². The summed E-state index contributed by atoms with van der Waals surface area (Å²) in [6.07, 6.45) is 10.7. The summed E-state index contributed by atoms with van der Waals surface area (Å²) in [5, 5.41) is 12.1. The summed E-state index contributed by atoms with van der Waals surface area (Å²) < 4.78 is 1.63. The first-order valence-corrected chi connectivity index (χ1v) is 12.5. The first-order chi connectivity index (χ1) is 17.6. The maximum atomic E-state index is 13.6. The van der Waals surface area contributed by atoms with E-state index in [1.54, 1.807) is 17.1 Å². The number of aryl methyl sites for hydroxylation is 1. The molecule has 2 aromatic carbocycles. The fraction of sp³-hybridized carbons (Fsp3) is 0.267. The molecule has 1 aliphatic carbocycles. The molecule has 6 heteroatoms. The third-order valence-corrected chi connectivity index (χ3v) is 7.34. The van der Waals surface area contributed by atoms with Crippen molar-refractivity contribution < 1.29 is 5.11 Å². The van der Waals surface area contributed by atoms with E-state index in [1.807, 2.05) is 37.5 Å². The van der Waals surface area contributed by atoms with Crippen LogP contribution in [0.15, 0.2) is 78.2 Å². The number of hydrogen-bond acceptors (Lipinski definition) is 5. The lowest BCUT2D eigenvalue weighted by Crippen LogP contribution is -2.34. The summed E-state index contributed by atoms with van der Waals surface area (Å²) in [5.41, 5.74) is 6.78. The first kappa shape index (κ1) is 22.6. The second-order valence-electron chi connectivity index (χ2n) is 9.83. The van der Waals surface area contributed by atoms with Crippen LogP contribution in [-0.2, 0) is 6.42 Å². The molecule has 5 aromatic rings. The number of benzene rings is 2. The number of aliphatic hydroxyl groups is 1. The summed E-state index contributed by atoms with van der Waals surface area (Å²) in [5.74, 6) is 0. The molecule has 6 rings (SSSR count). The van der Waals surface area contributed by atoms with Gasteiger partial charge >= 0.3 is 0 Å². The normalized spacial score (nSPS) is 18.1. The molecule has 0 spiro atoms. The van der Waals surface area contributed by atoms with Crippen LogP contribution < -0.4 is 5.56 Å². The number of nitrogens with zero attached hydrogens (tertiary/aromatic N) is 4. The molecule has 2 atom stereocenters. The smallest absolute Gasteiger partial charge is 0.261 e. The Morgan fingerprint density at radius 3 is 2.56 bits per heavy atom. The molecule has 180 valence electrons. The Bertz CT molecular complexity index is 1620. The molecule has 0 radical (unpaired) electrons. The van der Waals surface area contributed by atoms with Crippen LogP contribution in [0.2, 0.25) is 0 Å². The minimum absolute atomic E-state index is 0.109. The summed E-state index contributed by atoms with van der Waals surface area (Å²) in [6, 6.07) is 16.3. The maximum Gasteiger partial charge on any atom is 0.261 e. The van der Waals surface area contributed by atoms with Crippen LogP contribution >= 0.6 is 0 Å². The van der Waals surface area contributed by atoms with Gasteiger partial charge in [0.25, 0.3) is 5.56 Å². The average molecular weight is 477 g/mol. The van der Waals surface area contributed by atoms with Gasteiger partial charge in [-0.25, -0.2) is 4.98 Å². The van der Waals surface area contributed by atoms with Gasteiger partial charge in [-0.1, -0.05) is 43.2 Å². The third kappa shape index (κ3) is 4.07. The van der Waals surface area contributed by atoms with Gasteiger partial charge in [0, 0.05) is 29.5 Å². The number of aromatic nitrogens is 4. The largest absolute Gasteiger partial charge is 0.391 e. The maximum absolute atomic E-state index is 13.6. The highest BCUT2D eigenvalue weighted by Crippen LogP contribution is 2.30. The summed E-state index contributed by atoms with van der Waals surface area (Å²) in [6.45, 7) is 2.04. The SMILES string of the molecule is Cc1cncc(-c2ccc(Cc3cc4c(=O)n([C@H]5CCCC[C@@H]5O)cnc4c4ncccc34)cc2)c1. The topological polar surface area (TPSA) is 80.9 Å². The average Bonchev–Trinajstić information content (AvgIpc) is 2.90. The zero-order valence-corrected chi connectivity index (χ0v) is 20.3. The molecular formula is C30H28N4O2. The van der Waals surface area contributed by atoms with Gasteiger partial charge in [-0.05, 0) is 66.6 Å². The van der Waals surface area contributed by atoms with Crippen molar-refractivity contribution in [2.45, 2.75) is 51.2 Å². The molecule has 0 aliphatic heterocycles. The van der Waals surface area contributed by atoms with Crippen molar-refractivity contribution in [1.82, 2.24) is 19.5 Å². The Hall–Kier alpha value is -3.90. The van der Waals surface area contributed by atoms with E-state index < -0.39 is 6.10 Å². The van der Waals surface area contributed by atoms with Crippen molar-refractivity contribution in [1.29, 1.82) is 0 Å². The lowest BCUT2D eigenvalue weighted by atomic mass is 9.92.